The van der Waals surface area contributed by atoms with Crippen molar-refractivity contribution in [3.63, 3.8) is 0 Å². The number of methoxy groups -OCH3 is 1. The molecule has 42 heavy (non-hydrogen) atoms. The fourth-order valence-corrected chi connectivity index (χ4v) is 4.72. The van der Waals surface area contributed by atoms with Crippen LogP contribution in [0.1, 0.15) is 54.5 Å². The predicted octanol–water partition coefficient (Wildman–Crippen LogP) is 4.58. The van der Waals surface area contributed by atoms with Crippen LogP contribution in [0.3, 0.4) is 0 Å². The van der Waals surface area contributed by atoms with Gasteiger partial charge in [0, 0.05) is 48.6 Å². The summed E-state index contributed by atoms with van der Waals surface area (Å²) in [5.41, 5.74) is 11.1. The number of rotatable bonds is 7. The monoisotopic (exact) mass is 571 g/mol. The molecule has 4 heterocycles. The Kier molecular flexibility index (Phi) is 10.6. The maximum Gasteiger partial charge on any atom is 0.248 e. The van der Waals surface area contributed by atoms with Crippen molar-refractivity contribution in [1.82, 2.24) is 25.1 Å². The molecule has 11 heteroatoms. The van der Waals surface area contributed by atoms with E-state index in [-0.39, 0.29) is 12.6 Å². The summed E-state index contributed by atoms with van der Waals surface area (Å²) in [4.78, 5) is 27.4. The third-order valence-electron chi connectivity index (χ3n) is 7.05. The third kappa shape index (κ3) is 7.49. The van der Waals surface area contributed by atoms with Crippen LogP contribution < -0.4 is 15.8 Å². The van der Waals surface area contributed by atoms with Crippen molar-refractivity contribution in [3.05, 3.63) is 83.6 Å². The number of piperidine rings is 1. The van der Waals surface area contributed by atoms with Gasteiger partial charge in [0.05, 0.1) is 18.8 Å². The van der Waals surface area contributed by atoms with Crippen molar-refractivity contribution < 1.29 is 18.7 Å². The fourth-order valence-electron chi connectivity index (χ4n) is 4.72. The highest BCUT2D eigenvalue weighted by Gasteiger charge is 2.30. The topological polar surface area (TPSA) is 152 Å². The van der Waals surface area contributed by atoms with Crippen molar-refractivity contribution in [2.45, 2.75) is 38.5 Å². The largest absolute Gasteiger partial charge is 0.494 e. The molecule has 220 valence electrons. The first-order valence-electron chi connectivity index (χ1n) is 13.8. The van der Waals surface area contributed by atoms with Gasteiger partial charge in [0.15, 0.2) is 18.4 Å². The lowest BCUT2D eigenvalue weighted by atomic mass is 9.93. The molecule has 1 aliphatic carbocycles. The number of ether oxygens (including phenoxy) is 1. The molecule has 11 nitrogen and oxygen atoms in total. The number of likely N-dealkylation sites (tertiary alicyclic amines) is 1. The van der Waals surface area contributed by atoms with Crippen molar-refractivity contribution in [2.24, 2.45) is 5.73 Å². The molecule has 2 aliphatic rings. The molecule has 1 aromatic carbocycles. The van der Waals surface area contributed by atoms with Gasteiger partial charge in [-0.2, -0.15) is 0 Å². The van der Waals surface area contributed by atoms with Gasteiger partial charge in [-0.25, -0.2) is 4.98 Å². The number of hydrogen-bond acceptors (Lipinski definition) is 10. The Morgan fingerprint density at radius 3 is 2.48 bits per heavy atom. The molecule has 0 atom stereocenters. The van der Waals surface area contributed by atoms with Gasteiger partial charge >= 0.3 is 0 Å². The summed E-state index contributed by atoms with van der Waals surface area (Å²) in [7, 11) is 3.81. The van der Waals surface area contributed by atoms with Crippen molar-refractivity contribution in [2.75, 3.05) is 32.6 Å². The summed E-state index contributed by atoms with van der Waals surface area (Å²) in [5.74, 6) is 3.51. The number of carbonyl (C=O) groups excluding carboxylic acids is 2. The zero-order valence-electron chi connectivity index (χ0n) is 24.2. The third-order valence-corrected chi connectivity index (χ3v) is 7.05. The average Bonchev–Trinajstić information content (AvgIpc) is 3.64. The minimum absolute atomic E-state index is 0.194. The molecule has 0 radical (unpaired) electrons. The van der Waals surface area contributed by atoms with Gasteiger partial charge in [0.1, 0.15) is 5.75 Å². The Balaban J connectivity index is 0.000000178. The zero-order chi connectivity index (χ0) is 29.9. The number of hydrogen-bond donors (Lipinski definition) is 3. The molecule has 4 aromatic rings. The molecular formula is C31H37N7O4. The highest BCUT2D eigenvalue weighted by atomic mass is 16.5. The first kappa shape index (κ1) is 30.2. The van der Waals surface area contributed by atoms with Crippen LogP contribution in [0.4, 0.5) is 5.82 Å². The first-order chi connectivity index (χ1) is 20.5. The molecular weight excluding hydrogens is 534 g/mol. The maximum atomic E-state index is 8.81. The Morgan fingerprint density at radius 2 is 1.86 bits per heavy atom. The summed E-state index contributed by atoms with van der Waals surface area (Å²) < 4.78 is 11.3. The van der Waals surface area contributed by atoms with Gasteiger partial charge in [0.25, 0.3) is 0 Å². The van der Waals surface area contributed by atoms with Gasteiger partial charge in [-0.1, -0.05) is 35.9 Å². The number of nitrogens with zero attached hydrogens (tertiary/aromatic N) is 4. The molecule has 0 spiro atoms. The van der Waals surface area contributed by atoms with Crippen LogP contribution in [0.2, 0.25) is 0 Å². The van der Waals surface area contributed by atoms with Crippen LogP contribution in [-0.2, 0) is 9.59 Å². The number of aryl methyl sites for hydroxylation is 1. The van der Waals surface area contributed by atoms with Gasteiger partial charge in [-0.05, 0) is 50.8 Å². The number of nitrogens with two attached hydrogens (primary N) is 1. The molecule has 4 N–H and O–H groups in total. The quantitative estimate of drug-likeness (QED) is 0.212. The van der Waals surface area contributed by atoms with E-state index in [1.54, 1.807) is 19.5 Å². The molecule has 2 fully saturated rings. The molecule has 0 bridgehead atoms. The van der Waals surface area contributed by atoms with Gasteiger partial charge in [-0.3, -0.25) is 9.59 Å². The van der Waals surface area contributed by atoms with E-state index in [1.165, 1.54) is 30.2 Å². The number of nitrogens with one attached hydrogen (secondary N) is 2. The smallest absolute Gasteiger partial charge is 0.248 e. The number of benzene rings is 1. The van der Waals surface area contributed by atoms with Gasteiger partial charge in [0.2, 0.25) is 11.8 Å². The number of carbonyl (C=O) groups is 2. The molecule has 6 rings (SSSR count). The fraction of sp³-hybridized carbons (Fsp3) is 0.323. The Labute approximate surface area is 244 Å². The van der Waals surface area contributed by atoms with Gasteiger partial charge < -0.3 is 30.1 Å². The van der Waals surface area contributed by atoms with E-state index in [1.807, 2.05) is 19.2 Å². The number of fused-ring (bicyclic) bond motifs is 1. The molecule has 0 amide bonds. The van der Waals surface area contributed by atoms with E-state index in [2.05, 4.69) is 61.7 Å². The summed E-state index contributed by atoms with van der Waals surface area (Å²) in [6, 6.07) is 10.5. The predicted molar refractivity (Wildman–Crippen MR) is 162 cm³/mol. The van der Waals surface area contributed by atoms with Crippen molar-refractivity contribution in [1.29, 1.82) is 0 Å². The van der Waals surface area contributed by atoms with Crippen molar-refractivity contribution >= 4 is 34.9 Å². The lowest BCUT2D eigenvalue weighted by molar-refractivity contribution is -0.122. The summed E-state index contributed by atoms with van der Waals surface area (Å²) in [6.45, 7) is 4.20. The molecule has 1 saturated heterocycles. The maximum absolute atomic E-state index is 8.81. The molecule has 1 aliphatic heterocycles. The minimum atomic E-state index is 0.194. The summed E-state index contributed by atoms with van der Waals surface area (Å²) in [5, 5.41) is 12.7. The van der Waals surface area contributed by atoms with Crippen LogP contribution in [-0.4, -0.2) is 64.9 Å². The van der Waals surface area contributed by atoms with E-state index in [0.29, 0.717) is 11.8 Å². The number of aromatic amines is 1. The molecule has 3 aromatic heterocycles. The van der Waals surface area contributed by atoms with E-state index < -0.39 is 0 Å². The van der Waals surface area contributed by atoms with Crippen LogP contribution in [0, 0.1) is 6.92 Å². The van der Waals surface area contributed by atoms with Crippen LogP contribution >= 0.6 is 0 Å². The number of aromatic nitrogens is 4. The highest BCUT2D eigenvalue weighted by Crippen LogP contribution is 2.40. The van der Waals surface area contributed by atoms with Crippen molar-refractivity contribution in [3.8, 4) is 5.75 Å². The normalized spacial score (nSPS) is 14.9. The van der Waals surface area contributed by atoms with E-state index in [9.17, 15) is 0 Å². The van der Waals surface area contributed by atoms with Crippen LogP contribution in [0.15, 0.2) is 65.1 Å². The summed E-state index contributed by atoms with van der Waals surface area (Å²) in [6.07, 6.45) is 11.6. The second-order valence-electron chi connectivity index (χ2n) is 10.0. The van der Waals surface area contributed by atoms with E-state index in [0.717, 1.165) is 65.4 Å². The number of aldehydes is 2. The average molecular weight is 572 g/mol. The highest BCUT2D eigenvalue weighted by molar-refractivity contribution is 6.09. The second-order valence-corrected chi connectivity index (χ2v) is 10.0. The Morgan fingerprint density at radius 1 is 1.14 bits per heavy atom. The second kappa shape index (κ2) is 14.7. The lowest BCUT2D eigenvalue weighted by Gasteiger charge is -2.25. The number of anilines is 1. The lowest BCUT2D eigenvalue weighted by Crippen LogP contribution is -2.27. The number of H-pyrrole nitrogens is 1. The Hall–Kier alpha value is -4.77. The molecule has 1 saturated carbocycles. The SMILES string of the molecule is CN1CCC(=C(c2ccccc2)c2nnc(C3CC3)o2)CC1.COc1cnc(N/C=C\N)c2[nH]cc(C)c12.O=CC=O. The van der Waals surface area contributed by atoms with Crippen LogP contribution in [0.25, 0.3) is 16.5 Å². The zero-order valence-corrected chi connectivity index (χ0v) is 24.2. The molecule has 0 unspecified atom stereocenters. The summed E-state index contributed by atoms with van der Waals surface area (Å²) >= 11 is 0. The first-order valence-corrected chi connectivity index (χ1v) is 13.8. The van der Waals surface area contributed by atoms with Crippen LogP contribution in [0.5, 0.6) is 5.75 Å². The minimum Gasteiger partial charge on any atom is -0.494 e. The van der Waals surface area contributed by atoms with E-state index >= 15 is 0 Å². The Bertz CT molecular complexity index is 1520. The van der Waals surface area contributed by atoms with Gasteiger partial charge in [-0.15, -0.1) is 10.2 Å². The number of pyridine rings is 1. The van der Waals surface area contributed by atoms with E-state index in [4.69, 9.17) is 24.5 Å². The standard InChI is InChI=1S/C18H21N3O.C11H14N4O.C2H2O2/c1-21-11-9-14(10-12-21)16(13-5-3-2-4-6-13)18-20-19-17(22-18)15-7-8-15;1-7-5-14-10-9(7)8(16-2)6-15-11(10)13-4-3-12;3-1-2-4/h2-6,15H,7-12H2,1H3;3-6,14H,12H2,1-2H3,(H,13,15);1-2H/b;4-3-;.